The summed E-state index contributed by atoms with van der Waals surface area (Å²) in [7, 11) is 1.99. The number of benzene rings is 2. The molecule has 0 saturated carbocycles. The summed E-state index contributed by atoms with van der Waals surface area (Å²) in [6.07, 6.45) is -1.26. The van der Waals surface area contributed by atoms with Crippen molar-refractivity contribution < 1.29 is 31.8 Å². The Bertz CT molecular complexity index is 1940. The molecule has 0 unspecified atom stereocenters. The van der Waals surface area contributed by atoms with Crippen LogP contribution in [0.15, 0.2) is 55.0 Å². The molecule has 2 atom stereocenters. The van der Waals surface area contributed by atoms with E-state index >= 15 is 0 Å². The van der Waals surface area contributed by atoms with Crippen molar-refractivity contribution in [3.8, 4) is 23.0 Å². The molecule has 2 aliphatic rings. The Kier molecular flexibility index (Phi) is 9.56. The van der Waals surface area contributed by atoms with Gasteiger partial charge in [0.25, 0.3) is 5.91 Å². The zero-order valence-corrected chi connectivity index (χ0v) is 27.1. The molecule has 14 heteroatoms. The van der Waals surface area contributed by atoms with Crippen LogP contribution < -0.4 is 14.4 Å². The van der Waals surface area contributed by atoms with Crippen LogP contribution >= 0.6 is 0 Å². The summed E-state index contributed by atoms with van der Waals surface area (Å²) in [6, 6.07) is 10.6. The molecule has 2 aromatic heterocycles. The maximum atomic E-state index is 13.9. The van der Waals surface area contributed by atoms with Gasteiger partial charge < -0.3 is 29.0 Å². The van der Waals surface area contributed by atoms with Gasteiger partial charge in [-0.1, -0.05) is 43.0 Å². The number of rotatable bonds is 9. The number of anilines is 1. The van der Waals surface area contributed by atoms with Gasteiger partial charge in [-0.2, -0.15) is 23.1 Å². The molecule has 2 fully saturated rings. The van der Waals surface area contributed by atoms with Gasteiger partial charge in [0.2, 0.25) is 6.54 Å². The Morgan fingerprint density at radius 1 is 1.10 bits per heavy atom. The number of carbonyl (C=O) groups is 1. The SMILES string of the molecule is [C-]#[N+]C[C@H]1CN(c2nc(OC[C@@H]3CCCN3C)nc3c(OCC(F)(F)F)c(-c4cccc5cccc(C)c45)ncc23)CCN1C(=O)C(=C)F. The molecule has 2 aliphatic heterocycles. The molecule has 2 saturated heterocycles. The Morgan fingerprint density at radius 2 is 1.88 bits per heavy atom. The molecule has 49 heavy (non-hydrogen) atoms. The second-order valence-corrected chi connectivity index (χ2v) is 12.3. The number of alkyl halides is 3. The van der Waals surface area contributed by atoms with E-state index in [-0.39, 0.29) is 67.6 Å². The average molecular weight is 678 g/mol. The average Bonchev–Trinajstić information content (AvgIpc) is 3.49. The van der Waals surface area contributed by atoms with Crippen molar-refractivity contribution >= 4 is 33.4 Å². The molecular formula is C35H35F4N7O3. The zero-order valence-electron chi connectivity index (χ0n) is 27.1. The molecule has 6 rings (SSSR count). The van der Waals surface area contributed by atoms with Gasteiger partial charge in [0.05, 0.1) is 5.39 Å². The van der Waals surface area contributed by atoms with E-state index in [4.69, 9.17) is 21.0 Å². The quantitative estimate of drug-likeness (QED) is 0.121. The van der Waals surface area contributed by atoms with E-state index in [9.17, 15) is 22.4 Å². The van der Waals surface area contributed by atoms with Crippen molar-refractivity contribution in [3.63, 3.8) is 0 Å². The maximum Gasteiger partial charge on any atom is 0.422 e. The molecule has 1 amide bonds. The Balaban J connectivity index is 1.53. The number of hydrogen-bond donors (Lipinski definition) is 0. The summed E-state index contributed by atoms with van der Waals surface area (Å²) in [6.45, 7) is 12.3. The van der Waals surface area contributed by atoms with E-state index in [1.54, 1.807) is 17.0 Å². The summed E-state index contributed by atoms with van der Waals surface area (Å²) in [5, 5.41) is 1.98. The number of aromatic nitrogens is 3. The van der Waals surface area contributed by atoms with Gasteiger partial charge >= 0.3 is 12.2 Å². The van der Waals surface area contributed by atoms with Crippen molar-refractivity contribution in [2.75, 3.05) is 57.9 Å². The fraction of sp³-hybridized carbons (Fsp3) is 0.400. The number of pyridine rings is 1. The molecule has 10 nitrogen and oxygen atoms in total. The van der Waals surface area contributed by atoms with E-state index in [1.165, 1.54) is 11.1 Å². The molecule has 256 valence electrons. The van der Waals surface area contributed by atoms with Crippen LogP contribution in [0.2, 0.25) is 0 Å². The second-order valence-electron chi connectivity index (χ2n) is 12.3. The number of fused-ring (bicyclic) bond motifs is 2. The van der Waals surface area contributed by atoms with Crippen LogP contribution in [0.3, 0.4) is 0 Å². The number of nitrogens with zero attached hydrogens (tertiary/aromatic N) is 7. The number of carbonyl (C=O) groups excluding carboxylic acids is 1. The van der Waals surface area contributed by atoms with E-state index in [0.717, 1.165) is 35.7 Å². The minimum atomic E-state index is -4.66. The highest BCUT2D eigenvalue weighted by atomic mass is 19.4. The molecule has 0 aliphatic carbocycles. The lowest BCUT2D eigenvalue weighted by molar-refractivity contribution is -0.153. The van der Waals surface area contributed by atoms with Crippen LogP contribution in [0.1, 0.15) is 18.4 Å². The molecule has 4 heterocycles. The standard InChI is InChI=1S/C35H35F4N7O3/c1-21-8-5-9-23-10-6-12-26(28(21)23)29-31(49-20-35(37,38)39)30-27(17-41-29)32(43-34(42-30)48-19-24-11-7-13-44(24)4)45-14-15-46(33(47)22(2)36)25(18-45)16-40-3/h5-6,8-10,12,17,24-25H,2,7,11,13-16,18-20H2,1,4H3/t24-,25-/m0/s1. The Morgan fingerprint density at radius 3 is 2.57 bits per heavy atom. The van der Waals surface area contributed by atoms with Crippen molar-refractivity contribution in [1.82, 2.24) is 24.8 Å². The summed E-state index contributed by atoms with van der Waals surface area (Å²) in [5.41, 5.74) is 1.71. The van der Waals surface area contributed by atoms with Gasteiger partial charge in [-0.3, -0.25) is 9.78 Å². The summed E-state index contributed by atoms with van der Waals surface area (Å²) < 4.78 is 66.8. The lowest BCUT2D eigenvalue weighted by Crippen LogP contribution is -2.56. The van der Waals surface area contributed by atoms with E-state index in [1.807, 2.05) is 38.2 Å². The highest BCUT2D eigenvalue weighted by Crippen LogP contribution is 2.42. The summed E-state index contributed by atoms with van der Waals surface area (Å²) in [5.74, 6) is -1.93. The number of hydrogen-bond acceptors (Lipinski definition) is 8. The Labute approximate surface area is 280 Å². The number of halogens is 4. The maximum absolute atomic E-state index is 13.9. The first-order valence-corrected chi connectivity index (χ1v) is 15.9. The van der Waals surface area contributed by atoms with Crippen LogP contribution in [0.25, 0.3) is 37.8 Å². The van der Waals surface area contributed by atoms with Crippen molar-refractivity contribution in [1.29, 1.82) is 0 Å². The molecule has 0 spiro atoms. The normalized spacial score (nSPS) is 18.6. The van der Waals surface area contributed by atoms with Crippen molar-refractivity contribution in [3.05, 3.63) is 72.0 Å². The monoisotopic (exact) mass is 677 g/mol. The van der Waals surface area contributed by atoms with Crippen LogP contribution in [0.4, 0.5) is 23.4 Å². The molecule has 4 aromatic rings. The molecule has 2 aromatic carbocycles. The van der Waals surface area contributed by atoms with Crippen molar-refractivity contribution in [2.45, 2.75) is 38.0 Å². The number of likely N-dealkylation sites (N-methyl/N-ethyl adjacent to an activating group) is 1. The minimum absolute atomic E-state index is 0.0503. The predicted molar refractivity (Wildman–Crippen MR) is 177 cm³/mol. The van der Waals surface area contributed by atoms with Gasteiger partial charge in [-0.25, -0.2) is 11.0 Å². The fourth-order valence-corrected chi connectivity index (χ4v) is 6.64. The molecular weight excluding hydrogens is 642 g/mol. The van der Waals surface area contributed by atoms with Crippen LogP contribution in [-0.2, 0) is 4.79 Å². The lowest BCUT2D eigenvalue weighted by atomic mass is 9.97. The highest BCUT2D eigenvalue weighted by molar-refractivity contribution is 6.03. The smallest absolute Gasteiger partial charge is 0.422 e. The molecule has 0 N–H and O–H groups in total. The number of ether oxygens (including phenoxy) is 2. The topological polar surface area (TPSA) is 88.3 Å². The lowest BCUT2D eigenvalue weighted by Gasteiger charge is -2.39. The third-order valence-corrected chi connectivity index (χ3v) is 9.06. The zero-order chi connectivity index (χ0) is 34.9. The second kappa shape index (κ2) is 13.8. The fourth-order valence-electron chi connectivity index (χ4n) is 6.64. The van der Waals surface area contributed by atoms with Crippen LogP contribution in [-0.4, -0.2) is 102 Å². The predicted octanol–water partition coefficient (Wildman–Crippen LogP) is 5.99. The minimum Gasteiger partial charge on any atom is -0.480 e. The number of piperazine rings is 1. The van der Waals surface area contributed by atoms with E-state index in [0.29, 0.717) is 10.9 Å². The highest BCUT2D eigenvalue weighted by Gasteiger charge is 2.36. The number of aryl methyl sites for hydroxylation is 1. The van der Waals surface area contributed by atoms with E-state index in [2.05, 4.69) is 26.3 Å². The Hall–Kier alpha value is -5.03. The number of likely N-dealkylation sites (tertiary alicyclic amines) is 1. The van der Waals surface area contributed by atoms with Crippen LogP contribution in [0.5, 0.6) is 11.8 Å². The first-order valence-electron chi connectivity index (χ1n) is 15.9. The summed E-state index contributed by atoms with van der Waals surface area (Å²) in [4.78, 5) is 35.3. The molecule has 0 radical (unpaired) electrons. The van der Waals surface area contributed by atoms with Gasteiger partial charge in [-0.15, -0.1) is 0 Å². The van der Waals surface area contributed by atoms with Crippen LogP contribution in [0, 0.1) is 13.5 Å². The van der Waals surface area contributed by atoms with Gasteiger partial charge in [0.1, 0.15) is 29.7 Å². The third-order valence-electron chi connectivity index (χ3n) is 9.06. The van der Waals surface area contributed by atoms with Gasteiger partial charge in [0.15, 0.2) is 18.2 Å². The first-order chi connectivity index (χ1) is 23.4. The first kappa shape index (κ1) is 33.9. The van der Waals surface area contributed by atoms with Gasteiger partial charge in [0, 0.05) is 37.4 Å². The third kappa shape index (κ3) is 7.07. The largest absolute Gasteiger partial charge is 0.480 e. The van der Waals surface area contributed by atoms with Gasteiger partial charge in [-0.05, 0) is 49.7 Å². The summed E-state index contributed by atoms with van der Waals surface area (Å²) >= 11 is 0. The van der Waals surface area contributed by atoms with Crippen molar-refractivity contribution in [2.24, 2.45) is 0 Å². The van der Waals surface area contributed by atoms with E-state index < -0.39 is 30.6 Å². The number of amides is 1. The molecule has 0 bridgehead atoms.